The summed E-state index contributed by atoms with van der Waals surface area (Å²) in [5.74, 6) is 0.693. The summed E-state index contributed by atoms with van der Waals surface area (Å²) in [6.07, 6.45) is 1.63. The van der Waals surface area contributed by atoms with Gasteiger partial charge in [-0.15, -0.1) is 0 Å². The summed E-state index contributed by atoms with van der Waals surface area (Å²) < 4.78 is 15.2. The predicted molar refractivity (Wildman–Crippen MR) is 94.8 cm³/mol. The third kappa shape index (κ3) is 2.80. The molecule has 3 aromatic rings. The largest absolute Gasteiger partial charge is 0.354 e. The number of imidazole rings is 1. The van der Waals surface area contributed by atoms with Crippen LogP contribution >= 0.6 is 0 Å². The average Bonchev–Trinajstić information content (AvgIpc) is 3.36. The van der Waals surface area contributed by atoms with Crippen molar-refractivity contribution >= 4 is 16.9 Å². The highest BCUT2D eigenvalue weighted by molar-refractivity contribution is 5.91. The molecule has 1 aliphatic rings. The van der Waals surface area contributed by atoms with Crippen LogP contribution in [0.15, 0.2) is 48.5 Å². The smallest absolute Gasteiger partial charge is 0.230 e. The summed E-state index contributed by atoms with van der Waals surface area (Å²) in [4.78, 5) is 17.2. The monoisotopic (exact) mass is 337 g/mol. The molecule has 1 amide bonds. The van der Waals surface area contributed by atoms with Gasteiger partial charge in [-0.3, -0.25) is 4.79 Å². The Balaban J connectivity index is 1.44. The van der Waals surface area contributed by atoms with Crippen molar-refractivity contribution in [1.29, 1.82) is 0 Å². The molecule has 1 saturated carbocycles. The fraction of sp³-hybridized carbons (Fsp3) is 0.300. The van der Waals surface area contributed by atoms with Gasteiger partial charge in [-0.05, 0) is 49.6 Å². The van der Waals surface area contributed by atoms with Crippen molar-refractivity contribution in [2.45, 2.75) is 31.7 Å². The number of para-hydroxylation sites is 2. The van der Waals surface area contributed by atoms with Gasteiger partial charge in [0.25, 0.3) is 0 Å². The zero-order valence-electron chi connectivity index (χ0n) is 14.1. The molecule has 0 saturated heterocycles. The van der Waals surface area contributed by atoms with Gasteiger partial charge in [0.15, 0.2) is 0 Å². The third-order valence-electron chi connectivity index (χ3n) is 5.05. The number of nitrogens with zero attached hydrogens (tertiary/aromatic N) is 2. The van der Waals surface area contributed by atoms with Crippen molar-refractivity contribution in [1.82, 2.24) is 14.9 Å². The maximum atomic E-state index is 13.1. The van der Waals surface area contributed by atoms with E-state index in [2.05, 4.69) is 14.9 Å². The lowest BCUT2D eigenvalue weighted by Crippen LogP contribution is -2.36. The number of halogens is 1. The van der Waals surface area contributed by atoms with Gasteiger partial charge in [-0.1, -0.05) is 24.3 Å². The van der Waals surface area contributed by atoms with Crippen molar-refractivity contribution < 1.29 is 9.18 Å². The maximum Gasteiger partial charge on any atom is 0.230 e. The Labute approximate surface area is 145 Å². The third-order valence-corrected chi connectivity index (χ3v) is 5.05. The van der Waals surface area contributed by atoms with Gasteiger partial charge in [0.1, 0.15) is 11.6 Å². The zero-order chi connectivity index (χ0) is 17.4. The number of benzene rings is 2. The second kappa shape index (κ2) is 5.99. The van der Waals surface area contributed by atoms with E-state index in [9.17, 15) is 9.18 Å². The second-order valence-electron chi connectivity index (χ2n) is 6.64. The topological polar surface area (TPSA) is 46.9 Å². The molecule has 1 aromatic heterocycles. The molecule has 4 nitrogen and oxygen atoms in total. The van der Waals surface area contributed by atoms with E-state index in [0.29, 0.717) is 13.1 Å². The molecular formula is C20H20FN3O. The van der Waals surface area contributed by atoms with E-state index in [1.807, 2.05) is 31.2 Å². The maximum absolute atomic E-state index is 13.1. The Morgan fingerprint density at radius 1 is 1.20 bits per heavy atom. The normalized spacial score (nSPS) is 15.3. The van der Waals surface area contributed by atoms with E-state index < -0.39 is 5.41 Å². The molecule has 128 valence electrons. The minimum atomic E-state index is -0.472. The fourth-order valence-electron chi connectivity index (χ4n) is 3.47. The molecule has 2 aromatic carbocycles. The van der Waals surface area contributed by atoms with Gasteiger partial charge in [-0.2, -0.15) is 0 Å². The first kappa shape index (κ1) is 15.8. The van der Waals surface area contributed by atoms with Crippen LogP contribution in [0.4, 0.5) is 4.39 Å². The van der Waals surface area contributed by atoms with Crippen LogP contribution in [0.25, 0.3) is 11.0 Å². The molecular weight excluding hydrogens is 317 g/mol. The van der Waals surface area contributed by atoms with E-state index in [0.717, 1.165) is 35.3 Å². The second-order valence-corrected chi connectivity index (χ2v) is 6.64. The quantitative estimate of drug-likeness (QED) is 0.776. The summed E-state index contributed by atoms with van der Waals surface area (Å²) in [6.45, 7) is 3.20. The van der Waals surface area contributed by atoms with Crippen molar-refractivity contribution in [2.24, 2.45) is 0 Å². The predicted octanol–water partition coefficient (Wildman–Crippen LogP) is 3.33. The van der Waals surface area contributed by atoms with Crippen LogP contribution in [-0.2, 0) is 16.8 Å². The van der Waals surface area contributed by atoms with Gasteiger partial charge in [0.2, 0.25) is 5.91 Å². The molecule has 0 bridgehead atoms. The molecule has 25 heavy (non-hydrogen) atoms. The van der Waals surface area contributed by atoms with Crippen LogP contribution in [0.1, 0.15) is 24.2 Å². The highest BCUT2D eigenvalue weighted by Gasteiger charge is 2.51. The van der Waals surface area contributed by atoms with E-state index in [-0.39, 0.29) is 11.7 Å². The number of aryl methyl sites for hydroxylation is 1. The van der Waals surface area contributed by atoms with Crippen LogP contribution in [0.2, 0.25) is 0 Å². The number of hydrogen-bond donors (Lipinski definition) is 1. The summed E-state index contributed by atoms with van der Waals surface area (Å²) in [6, 6.07) is 14.3. The number of nitrogens with one attached hydrogen (secondary N) is 1. The summed E-state index contributed by atoms with van der Waals surface area (Å²) in [5, 5.41) is 3.05. The van der Waals surface area contributed by atoms with Gasteiger partial charge < -0.3 is 9.88 Å². The van der Waals surface area contributed by atoms with Crippen molar-refractivity contribution in [3.8, 4) is 0 Å². The summed E-state index contributed by atoms with van der Waals surface area (Å²) >= 11 is 0. The Hall–Kier alpha value is -2.69. The summed E-state index contributed by atoms with van der Waals surface area (Å²) in [7, 11) is 0. The van der Waals surface area contributed by atoms with E-state index in [1.54, 1.807) is 12.1 Å². The zero-order valence-corrected chi connectivity index (χ0v) is 14.1. The lowest BCUT2D eigenvalue weighted by molar-refractivity contribution is -0.123. The standard InChI is InChI=1S/C20H20FN3O/c1-14-23-17-4-2-3-5-18(17)24(14)13-12-22-19(25)20(10-11-20)15-6-8-16(21)9-7-15/h2-9H,10-13H2,1H3,(H,22,25). The van der Waals surface area contributed by atoms with Gasteiger partial charge in [-0.25, -0.2) is 9.37 Å². The van der Waals surface area contributed by atoms with Gasteiger partial charge in [0, 0.05) is 13.1 Å². The fourth-order valence-corrected chi connectivity index (χ4v) is 3.47. The number of hydrogen-bond acceptors (Lipinski definition) is 2. The number of fused-ring (bicyclic) bond motifs is 1. The van der Waals surface area contributed by atoms with Crippen LogP contribution in [0.3, 0.4) is 0 Å². The first-order valence-electron chi connectivity index (χ1n) is 8.56. The van der Waals surface area contributed by atoms with Gasteiger partial charge in [0.05, 0.1) is 16.4 Å². The first-order chi connectivity index (χ1) is 12.1. The van der Waals surface area contributed by atoms with Crippen LogP contribution in [0, 0.1) is 12.7 Å². The Morgan fingerprint density at radius 3 is 2.64 bits per heavy atom. The Bertz CT molecular complexity index is 926. The van der Waals surface area contributed by atoms with Crippen molar-refractivity contribution in [3.05, 3.63) is 65.7 Å². The van der Waals surface area contributed by atoms with E-state index in [1.165, 1.54) is 12.1 Å². The summed E-state index contributed by atoms with van der Waals surface area (Å²) in [5.41, 5.74) is 2.47. The number of rotatable bonds is 5. The van der Waals surface area contributed by atoms with Crippen molar-refractivity contribution in [3.63, 3.8) is 0 Å². The highest BCUT2D eigenvalue weighted by Crippen LogP contribution is 2.48. The minimum Gasteiger partial charge on any atom is -0.354 e. The molecule has 0 aliphatic heterocycles. The lowest BCUT2D eigenvalue weighted by atomic mass is 9.95. The van der Waals surface area contributed by atoms with Gasteiger partial charge >= 0.3 is 0 Å². The molecule has 4 rings (SSSR count). The molecule has 1 heterocycles. The molecule has 1 aliphatic carbocycles. The Morgan fingerprint density at radius 2 is 1.92 bits per heavy atom. The number of carbonyl (C=O) groups is 1. The Kier molecular flexibility index (Phi) is 3.79. The molecule has 0 radical (unpaired) electrons. The van der Waals surface area contributed by atoms with Crippen LogP contribution in [-0.4, -0.2) is 22.0 Å². The lowest BCUT2D eigenvalue weighted by Gasteiger charge is -2.16. The number of amides is 1. The van der Waals surface area contributed by atoms with Crippen LogP contribution < -0.4 is 5.32 Å². The number of carbonyl (C=O) groups excluding carboxylic acids is 1. The molecule has 1 N–H and O–H groups in total. The SMILES string of the molecule is Cc1nc2ccccc2n1CCNC(=O)C1(c2ccc(F)cc2)CC1. The number of aromatic nitrogens is 2. The molecule has 0 spiro atoms. The molecule has 0 unspecified atom stereocenters. The molecule has 5 heteroatoms. The van der Waals surface area contributed by atoms with E-state index >= 15 is 0 Å². The van der Waals surface area contributed by atoms with E-state index in [4.69, 9.17) is 0 Å². The molecule has 1 fully saturated rings. The van der Waals surface area contributed by atoms with Crippen molar-refractivity contribution in [2.75, 3.05) is 6.54 Å². The minimum absolute atomic E-state index is 0.0289. The first-order valence-corrected chi connectivity index (χ1v) is 8.56. The van der Waals surface area contributed by atoms with Crippen LogP contribution in [0.5, 0.6) is 0 Å². The average molecular weight is 337 g/mol. The molecule has 0 atom stereocenters. The highest BCUT2D eigenvalue weighted by atomic mass is 19.1.